The maximum absolute atomic E-state index is 12.6. The average Bonchev–Trinajstić information content (AvgIpc) is 2.27. The topological polar surface area (TPSA) is 57.3 Å². The van der Waals surface area contributed by atoms with Gasteiger partial charge in [-0.1, -0.05) is 11.6 Å². The molecule has 2 rings (SSSR count). The third kappa shape index (κ3) is 2.65. The summed E-state index contributed by atoms with van der Waals surface area (Å²) in [7, 11) is 0. The van der Waals surface area contributed by atoms with Crippen molar-refractivity contribution in [3.05, 3.63) is 22.8 Å². The molecule has 1 saturated heterocycles. The van der Waals surface area contributed by atoms with Gasteiger partial charge in [0.05, 0.1) is 5.56 Å². The lowest BCUT2D eigenvalue weighted by atomic mass is 10.2. The molecule has 0 unspecified atom stereocenters. The Morgan fingerprint density at radius 3 is 2.67 bits per heavy atom. The molecule has 18 heavy (non-hydrogen) atoms. The number of carbonyl (C=O) groups is 1. The third-order valence-electron chi connectivity index (χ3n) is 2.21. The summed E-state index contributed by atoms with van der Waals surface area (Å²) in [5, 5.41) is 3.03. The van der Waals surface area contributed by atoms with Gasteiger partial charge < -0.3 is 5.32 Å². The molecule has 5 nitrogen and oxygen atoms in total. The Labute approximate surface area is 105 Å². The summed E-state index contributed by atoms with van der Waals surface area (Å²) in [6, 6.07) is 0.876. The number of hydrogen-bond donors (Lipinski definition) is 2. The monoisotopic (exact) mass is 280 g/mol. The van der Waals surface area contributed by atoms with Crippen molar-refractivity contribution < 1.29 is 18.0 Å². The molecule has 0 bridgehead atoms. The number of anilines is 1. The van der Waals surface area contributed by atoms with E-state index in [-0.39, 0.29) is 11.0 Å². The van der Waals surface area contributed by atoms with Gasteiger partial charge in [-0.2, -0.15) is 13.2 Å². The number of nitrogens with one attached hydrogen (secondary N) is 2. The molecule has 0 aliphatic carbocycles. The number of aromatic nitrogens is 1. The van der Waals surface area contributed by atoms with Crippen molar-refractivity contribution in [2.45, 2.75) is 6.18 Å². The number of hydrazine groups is 1. The molecule has 2 heterocycles. The van der Waals surface area contributed by atoms with E-state index in [1.807, 2.05) is 0 Å². The summed E-state index contributed by atoms with van der Waals surface area (Å²) in [5.74, 6) is -0.202. The summed E-state index contributed by atoms with van der Waals surface area (Å²) in [5.41, 5.74) is 1.66. The lowest BCUT2D eigenvalue weighted by Crippen LogP contribution is -2.56. The quantitative estimate of drug-likeness (QED) is 0.771. The minimum atomic E-state index is -4.55. The minimum absolute atomic E-state index is 0.202. The number of carbonyl (C=O) groups excluding carboxylic acids is 1. The fraction of sp³-hybridized carbons (Fsp3) is 0.333. The highest BCUT2D eigenvalue weighted by molar-refractivity contribution is 6.29. The number of alkyl halides is 3. The molecule has 0 aromatic carbocycles. The summed E-state index contributed by atoms with van der Waals surface area (Å²) in [4.78, 5) is 15.1. The maximum Gasteiger partial charge on any atom is 0.416 e. The van der Waals surface area contributed by atoms with Crippen LogP contribution in [0.5, 0.6) is 0 Å². The first-order chi connectivity index (χ1) is 8.38. The van der Waals surface area contributed by atoms with Crippen LogP contribution in [0.15, 0.2) is 12.1 Å². The average molecular weight is 281 g/mol. The molecule has 1 aliphatic rings. The van der Waals surface area contributed by atoms with Gasteiger partial charge in [0.2, 0.25) is 0 Å². The maximum atomic E-state index is 12.6. The number of amides is 2. The summed E-state index contributed by atoms with van der Waals surface area (Å²) >= 11 is 5.53. The van der Waals surface area contributed by atoms with Crippen LogP contribution in [-0.4, -0.2) is 24.1 Å². The molecule has 0 spiro atoms. The number of rotatable bonds is 1. The zero-order valence-electron chi connectivity index (χ0n) is 8.88. The molecule has 0 saturated carbocycles. The molecule has 1 fully saturated rings. The zero-order chi connectivity index (χ0) is 13.3. The van der Waals surface area contributed by atoms with Crippen LogP contribution in [-0.2, 0) is 6.18 Å². The van der Waals surface area contributed by atoms with Crippen molar-refractivity contribution >= 4 is 23.4 Å². The summed E-state index contributed by atoms with van der Waals surface area (Å²) in [6.45, 7) is 0.781. The number of hydrogen-bond acceptors (Lipinski definition) is 3. The molecule has 98 valence electrons. The van der Waals surface area contributed by atoms with E-state index in [0.29, 0.717) is 19.2 Å². The first-order valence-electron chi connectivity index (χ1n) is 4.94. The highest BCUT2D eigenvalue weighted by Crippen LogP contribution is 2.32. The predicted octanol–water partition coefficient (Wildman–Crippen LogP) is 1.79. The summed E-state index contributed by atoms with van der Waals surface area (Å²) in [6.07, 6.45) is -4.55. The van der Waals surface area contributed by atoms with Gasteiger partial charge in [-0.15, -0.1) is 0 Å². The van der Waals surface area contributed by atoms with Crippen molar-refractivity contribution in [3.63, 3.8) is 0 Å². The fourth-order valence-corrected chi connectivity index (χ4v) is 1.64. The fourth-order valence-electron chi connectivity index (χ4n) is 1.43. The highest BCUT2D eigenvalue weighted by atomic mass is 35.5. The Balaban J connectivity index is 2.38. The molecule has 1 aliphatic heterocycles. The molecular formula is C9H8ClF3N4O. The Morgan fingerprint density at radius 1 is 1.33 bits per heavy atom. The Morgan fingerprint density at radius 2 is 2.06 bits per heavy atom. The van der Waals surface area contributed by atoms with Gasteiger partial charge in [-0.3, -0.25) is 0 Å². The van der Waals surface area contributed by atoms with E-state index in [4.69, 9.17) is 11.6 Å². The standard InChI is InChI=1S/C9H8ClF3N4O/c10-6-3-5(9(11,12)13)4-7(16-6)17-8(18)14-1-2-15-17/h3-4,15H,1-2H2,(H,14,18). The third-order valence-corrected chi connectivity index (χ3v) is 2.40. The van der Waals surface area contributed by atoms with E-state index < -0.39 is 17.8 Å². The highest BCUT2D eigenvalue weighted by Gasteiger charge is 2.33. The van der Waals surface area contributed by atoms with E-state index in [0.717, 1.165) is 11.1 Å². The largest absolute Gasteiger partial charge is 0.416 e. The van der Waals surface area contributed by atoms with Crippen molar-refractivity contribution in [1.82, 2.24) is 15.7 Å². The molecular weight excluding hydrogens is 273 g/mol. The van der Waals surface area contributed by atoms with Gasteiger partial charge in [0, 0.05) is 13.1 Å². The van der Waals surface area contributed by atoms with Gasteiger partial charge in [0.25, 0.3) is 0 Å². The molecule has 0 radical (unpaired) electrons. The van der Waals surface area contributed by atoms with Gasteiger partial charge in [0.1, 0.15) is 5.15 Å². The van der Waals surface area contributed by atoms with E-state index in [2.05, 4.69) is 15.7 Å². The Bertz CT molecular complexity index is 479. The number of pyridine rings is 1. The smallest absolute Gasteiger partial charge is 0.335 e. The first-order valence-corrected chi connectivity index (χ1v) is 5.32. The molecule has 9 heteroatoms. The minimum Gasteiger partial charge on any atom is -0.335 e. The van der Waals surface area contributed by atoms with Crippen LogP contribution in [0, 0.1) is 0 Å². The van der Waals surface area contributed by atoms with Crippen LogP contribution >= 0.6 is 11.6 Å². The summed E-state index contributed by atoms with van der Waals surface area (Å²) < 4.78 is 37.8. The van der Waals surface area contributed by atoms with Gasteiger partial charge in [-0.05, 0) is 12.1 Å². The second kappa shape index (κ2) is 4.62. The molecule has 1 aromatic rings. The van der Waals surface area contributed by atoms with Crippen molar-refractivity contribution in [1.29, 1.82) is 0 Å². The number of urea groups is 1. The van der Waals surface area contributed by atoms with Crippen LogP contribution in [0.1, 0.15) is 5.56 Å². The van der Waals surface area contributed by atoms with Gasteiger partial charge in [0.15, 0.2) is 5.82 Å². The lowest BCUT2D eigenvalue weighted by Gasteiger charge is -2.27. The zero-order valence-corrected chi connectivity index (χ0v) is 9.64. The van der Waals surface area contributed by atoms with E-state index in [1.165, 1.54) is 0 Å². The van der Waals surface area contributed by atoms with Gasteiger partial charge in [-0.25, -0.2) is 20.2 Å². The van der Waals surface area contributed by atoms with Crippen LogP contribution in [0.2, 0.25) is 5.15 Å². The van der Waals surface area contributed by atoms with Crippen molar-refractivity contribution in [2.75, 3.05) is 18.1 Å². The normalized spacial score (nSPS) is 16.7. The van der Waals surface area contributed by atoms with Crippen LogP contribution < -0.4 is 15.8 Å². The lowest BCUT2D eigenvalue weighted by molar-refractivity contribution is -0.137. The van der Waals surface area contributed by atoms with Crippen LogP contribution in [0.4, 0.5) is 23.8 Å². The number of halogens is 4. The van der Waals surface area contributed by atoms with Crippen LogP contribution in [0.3, 0.4) is 0 Å². The second-order valence-corrected chi connectivity index (χ2v) is 3.90. The SMILES string of the molecule is O=C1NCCNN1c1cc(C(F)(F)F)cc(Cl)n1. The van der Waals surface area contributed by atoms with E-state index in [1.54, 1.807) is 0 Å². The van der Waals surface area contributed by atoms with Crippen molar-refractivity contribution in [3.8, 4) is 0 Å². The second-order valence-electron chi connectivity index (χ2n) is 3.51. The Hall–Kier alpha value is -1.54. The van der Waals surface area contributed by atoms with E-state index in [9.17, 15) is 18.0 Å². The molecule has 1 aromatic heterocycles. The van der Waals surface area contributed by atoms with Gasteiger partial charge >= 0.3 is 12.2 Å². The first kappa shape index (κ1) is 12.9. The molecule has 2 amide bonds. The van der Waals surface area contributed by atoms with E-state index >= 15 is 0 Å². The number of nitrogens with zero attached hydrogens (tertiary/aromatic N) is 2. The predicted molar refractivity (Wildman–Crippen MR) is 58.1 cm³/mol. The Kier molecular flexibility index (Phi) is 3.31. The molecule has 0 atom stereocenters. The van der Waals surface area contributed by atoms with Crippen molar-refractivity contribution in [2.24, 2.45) is 0 Å². The van der Waals surface area contributed by atoms with Crippen LogP contribution in [0.25, 0.3) is 0 Å². The molecule has 2 N–H and O–H groups in total.